The molecule has 3 aliphatic rings. The Morgan fingerprint density at radius 1 is 1.09 bits per heavy atom. The van der Waals surface area contributed by atoms with Crippen LogP contribution >= 0.6 is 0 Å². The predicted molar refractivity (Wildman–Crippen MR) is 131 cm³/mol. The summed E-state index contributed by atoms with van der Waals surface area (Å²) < 4.78 is 2.13. The molecule has 1 N–H and O–H groups in total. The number of benzene rings is 1. The highest BCUT2D eigenvalue weighted by Gasteiger charge is 2.45. The van der Waals surface area contributed by atoms with Gasteiger partial charge in [0.05, 0.1) is 17.6 Å². The fourth-order valence-electron chi connectivity index (χ4n) is 5.85. The van der Waals surface area contributed by atoms with Crippen LogP contribution in [-0.4, -0.2) is 112 Å². The molecule has 5 rings (SSSR count). The van der Waals surface area contributed by atoms with Gasteiger partial charge in [-0.2, -0.15) is 0 Å². The number of rotatable bonds is 5. The van der Waals surface area contributed by atoms with Crippen LogP contribution in [0, 0.1) is 0 Å². The van der Waals surface area contributed by atoms with Crippen molar-refractivity contribution in [3.63, 3.8) is 0 Å². The minimum Gasteiger partial charge on any atom is -0.353 e. The van der Waals surface area contributed by atoms with Gasteiger partial charge in [-0.15, -0.1) is 0 Å². The summed E-state index contributed by atoms with van der Waals surface area (Å²) in [6.45, 7) is 5.62. The van der Waals surface area contributed by atoms with Crippen molar-refractivity contribution in [1.29, 1.82) is 0 Å². The lowest BCUT2D eigenvalue weighted by atomic mass is 10.0. The number of likely N-dealkylation sites (N-methyl/N-ethyl adjacent to an activating group) is 2. The van der Waals surface area contributed by atoms with E-state index in [9.17, 15) is 9.59 Å². The molecule has 1 aromatic carbocycles. The molecule has 2 aromatic rings. The molecule has 34 heavy (non-hydrogen) atoms. The molecule has 0 bridgehead atoms. The lowest BCUT2D eigenvalue weighted by molar-refractivity contribution is -0.133. The molecule has 2 amide bonds. The highest BCUT2D eigenvalue weighted by Crippen LogP contribution is 2.29. The van der Waals surface area contributed by atoms with Crippen LogP contribution in [0.4, 0.5) is 0 Å². The van der Waals surface area contributed by atoms with Crippen molar-refractivity contribution in [3.8, 4) is 0 Å². The van der Waals surface area contributed by atoms with Crippen LogP contribution in [0.2, 0.25) is 0 Å². The molecule has 9 heteroatoms. The van der Waals surface area contributed by atoms with Crippen LogP contribution in [0.3, 0.4) is 0 Å². The van der Waals surface area contributed by atoms with Gasteiger partial charge >= 0.3 is 0 Å². The SMILES string of the molecule is CN1CCN(C(=O)CC[C@H]2CNC(=O)[C@@H]3[C@H](CCN3Cc3nc4ccccc4n3C)N2C)CC1. The molecule has 0 spiro atoms. The summed E-state index contributed by atoms with van der Waals surface area (Å²) in [6.07, 6.45) is 2.26. The Hall–Kier alpha value is -2.49. The van der Waals surface area contributed by atoms with Gasteiger partial charge in [-0.05, 0) is 39.1 Å². The standard InChI is InChI=1S/C25H37N7O2/c1-28-12-14-31(15-13-28)23(33)9-8-18-16-26-25(34)24-21(29(18)2)10-11-32(24)17-22-27-19-6-4-5-7-20(19)30(22)3/h4-7,18,21,24H,8-17H2,1-3H3,(H,26,34)/t18-,21-,24-/m0/s1. The van der Waals surface area contributed by atoms with Crippen molar-refractivity contribution in [3.05, 3.63) is 30.1 Å². The molecule has 3 saturated heterocycles. The molecular formula is C25H37N7O2. The number of hydrogen-bond donors (Lipinski definition) is 1. The van der Waals surface area contributed by atoms with Gasteiger partial charge in [-0.1, -0.05) is 12.1 Å². The van der Waals surface area contributed by atoms with E-state index in [1.165, 1.54) is 0 Å². The number of carbonyl (C=O) groups excluding carboxylic acids is 2. The number of imidazole rings is 1. The number of carbonyl (C=O) groups is 2. The summed E-state index contributed by atoms with van der Waals surface area (Å²) in [5.74, 6) is 1.32. The summed E-state index contributed by atoms with van der Waals surface area (Å²) in [5, 5.41) is 3.18. The summed E-state index contributed by atoms with van der Waals surface area (Å²) >= 11 is 0. The Morgan fingerprint density at radius 3 is 2.62 bits per heavy atom. The maximum Gasteiger partial charge on any atom is 0.239 e. The Balaban J connectivity index is 1.23. The van der Waals surface area contributed by atoms with Gasteiger partial charge in [0.1, 0.15) is 11.9 Å². The van der Waals surface area contributed by atoms with Crippen LogP contribution in [-0.2, 0) is 23.2 Å². The van der Waals surface area contributed by atoms with E-state index in [-0.39, 0.29) is 29.9 Å². The molecule has 3 aliphatic heterocycles. The van der Waals surface area contributed by atoms with Crippen molar-refractivity contribution < 1.29 is 9.59 Å². The van der Waals surface area contributed by atoms with Crippen LogP contribution < -0.4 is 5.32 Å². The number of para-hydroxylation sites is 2. The molecular weight excluding hydrogens is 430 g/mol. The van der Waals surface area contributed by atoms with E-state index in [4.69, 9.17) is 4.98 Å². The predicted octanol–water partition coefficient (Wildman–Crippen LogP) is 0.501. The number of aromatic nitrogens is 2. The molecule has 184 valence electrons. The van der Waals surface area contributed by atoms with E-state index >= 15 is 0 Å². The summed E-state index contributed by atoms with van der Waals surface area (Å²) in [6, 6.07) is 8.29. The maximum absolute atomic E-state index is 13.2. The molecule has 0 aliphatic carbocycles. The second kappa shape index (κ2) is 9.64. The Labute approximate surface area is 201 Å². The second-order valence-electron chi connectivity index (χ2n) is 10.1. The first-order chi connectivity index (χ1) is 16.4. The number of nitrogens with zero attached hydrogens (tertiary/aromatic N) is 6. The van der Waals surface area contributed by atoms with Crippen molar-refractivity contribution in [2.45, 2.75) is 43.9 Å². The molecule has 0 radical (unpaired) electrons. The minimum absolute atomic E-state index is 0.0982. The van der Waals surface area contributed by atoms with Gasteiger partial charge in [0.25, 0.3) is 0 Å². The number of fused-ring (bicyclic) bond motifs is 2. The molecule has 4 heterocycles. The monoisotopic (exact) mass is 467 g/mol. The number of piperazine rings is 1. The maximum atomic E-state index is 13.2. The lowest BCUT2D eigenvalue weighted by Gasteiger charge is -2.34. The smallest absolute Gasteiger partial charge is 0.239 e. The first-order valence-corrected chi connectivity index (χ1v) is 12.5. The minimum atomic E-state index is -0.192. The van der Waals surface area contributed by atoms with Crippen LogP contribution in [0.15, 0.2) is 24.3 Å². The summed E-state index contributed by atoms with van der Waals surface area (Å²) in [4.78, 5) is 39.7. The Kier molecular flexibility index (Phi) is 6.59. The van der Waals surface area contributed by atoms with Crippen LogP contribution in [0.5, 0.6) is 0 Å². The molecule has 3 atom stereocenters. The Morgan fingerprint density at radius 2 is 1.85 bits per heavy atom. The normalized spacial score (nSPS) is 27.1. The molecule has 3 fully saturated rings. The third kappa shape index (κ3) is 4.44. The Bertz CT molecular complexity index is 1050. The van der Waals surface area contributed by atoms with E-state index in [0.717, 1.165) is 62.4 Å². The van der Waals surface area contributed by atoms with Crippen molar-refractivity contribution in [1.82, 2.24) is 34.5 Å². The second-order valence-corrected chi connectivity index (χ2v) is 10.1. The topological polar surface area (TPSA) is 77.0 Å². The number of hydrogen-bond acceptors (Lipinski definition) is 6. The molecule has 1 aromatic heterocycles. The van der Waals surface area contributed by atoms with Gasteiger partial charge in [0.15, 0.2) is 0 Å². The first-order valence-electron chi connectivity index (χ1n) is 12.5. The average molecular weight is 468 g/mol. The molecule has 0 saturated carbocycles. The number of likely N-dealkylation sites (tertiary alicyclic amines) is 1. The van der Waals surface area contributed by atoms with Crippen molar-refractivity contribution in [2.75, 3.05) is 53.4 Å². The van der Waals surface area contributed by atoms with Gasteiger partial charge in [-0.25, -0.2) is 4.98 Å². The number of nitrogens with one attached hydrogen (secondary N) is 1. The highest BCUT2D eigenvalue weighted by molar-refractivity contribution is 5.83. The quantitative estimate of drug-likeness (QED) is 0.690. The van der Waals surface area contributed by atoms with Crippen LogP contribution in [0.25, 0.3) is 11.0 Å². The first kappa shape index (κ1) is 23.3. The van der Waals surface area contributed by atoms with Gasteiger partial charge in [0, 0.05) is 64.8 Å². The van der Waals surface area contributed by atoms with Crippen molar-refractivity contribution in [2.24, 2.45) is 7.05 Å². The van der Waals surface area contributed by atoms with E-state index in [1.54, 1.807) is 0 Å². The summed E-state index contributed by atoms with van der Waals surface area (Å²) in [5.41, 5.74) is 2.10. The fraction of sp³-hybridized carbons (Fsp3) is 0.640. The molecule has 0 unspecified atom stereocenters. The van der Waals surface area contributed by atoms with E-state index in [2.05, 4.69) is 44.7 Å². The lowest BCUT2D eigenvalue weighted by Crippen LogP contribution is -2.50. The third-order valence-corrected chi connectivity index (χ3v) is 8.12. The zero-order valence-electron chi connectivity index (χ0n) is 20.6. The van der Waals surface area contributed by atoms with Gasteiger partial charge in [-0.3, -0.25) is 19.4 Å². The fourth-order valence-corrected chi connectivity index (χ4v) is 5.85. The van der Waals surface area contributed by atoms with Gasteiger partial charge < -0.3 is 19.7 Å². The molecule has 9 nitrogen and oxygen atoms in total. The third-order valence-electron chi connectivity index (χ3n) is 8.12. The number of aryl methyl sites for hydroxylation is 1. The largest absolute Gasteiger partial charge is 0.353 e. The van der Waals surface area contributed by atoms with Gasteiger partial charge in [0.2, 0.25) is 11.8 Å². The van der Waals surface area contributed by atoms with E-state index in [0.29, 0.717) is 19.5 Å². The average Bonchev–Trinajstić information content (AvgIpc) is 3.37. The number of amides is 2. The van der Waals surface area contributed by atoms with E-state index in [1.807, 2.05) is 30.1 Å². The van der Waals surface area contributed by atoms with Crippen LogP contribution in [0.1, 0.15) is 25.1 Å². The zero-order chi connectivity index (χ0) is 23.8. The van der Waals surface area contributed by atoms with Crippen molar-refractivity contribution >= 4 is 22.8 Å². The summed E-state index contributed by atoms with van der Waals surface area (Å²) in [7, 11) is 6.27. The zero-order valence-corrected chi connectivity index (χ0v) is 20.6. The highest BCUT2D eigenvalue weighted by atomic mass is 16.2. The van der Waals surface area contributed by atoms with E-state index < -0.39 is 0 Å².